The third-order valence-corrected chi connectivity index (χ3v) is 4.77. The van der Waals surface area contributed by atoms with Gasteiger partial charge < -0.3 is 10.6 Å². The zero-order chi connectivity index (χ0) is 16.0. The van der Waals surface area contributed by atoms with E-state index in [2.05, 4.69) is 26.6 Å². The molecule has 1 aromatic carbocycles. The fourth-order valence-corrected chi connectivity index (χ4v) is 1.80. The molecule has 2 N–H and O–H groups in total. The van der Waals surface area contributed by atoms with Gasteiger partial charge in [0.2, 0.25) is 11.8 Å². The molecule has 0 saturated carbocycles. The summed E-state index contributed by atoms with van der Waals surface area (Å²) in [6.07, 6.45) is 0.253. The van der Waals surface area contributed by atoms with Gasteiger partial charge in [0.05, 0.1) is 4.83 Å². The molecule has 0 heterocycles. The van der Waals surface area contributed by atoms with Crippen molar-refractivity contribution in [3.8, 4) is 0 Å². The third kappa shape index (κ3) is 6.29. The van der Waals surface area contributed by atoms with E-state index in [0.717, 1.165) is 11.3 Å². The molecule has 4 nitrogen and oxygen atoms in total. The van der Waals surface area contributed by atoms with Crippen molar-refractivity contribution >= 4 is 33.4 Å². The zero-order valence-corrected chi connectivity index (χ0v) is 14.6. The van der Waals surface area contributed by atoms with E-state index in [1.165, 1.54) is 0 Å². The van der Waals surface area contributed by atoms with Crippen LogP contribution in [0.3, 0.4) is 0 Å². The van der Waals surface area contributed by atoms with Gasteiger partial charge in [0.15, 0.2) is 0 Å². The molecule has 1 aromatic rings. The van der Waals surface area contributed by atoms with E-state index in [0.29, 0.717) is 6.54 Å². The van der Waals surface area contributed by atoms with Gasteiger partial charge in [-0.3, -0.25) is 9.59 Å². The van der Waals surface area contributed by atoms with Crippen molar-refractivity contribution < 1.29 is 9.59 Å². The number of amides is 2. The fraction of sp³-hybridized carbons (Fsp3) is 0.500. The van der Waals surface area contributed by atoms with Crippen molar-refractivity contribution in [1.82, 2.24) is 5.32 Å². The summed E-state index contributed by atoms with van der Waals surface area (Å²) in [5, 5.41) is 5.57. The summed E-state index contributed by atoms with van der Waals surface area (Å²) >= 11 is 3.38. The van der Waals surface area contributed by atoms with Gasteiger partial charge in [0.1, 0.15) is 0 Å². The summed E-state index contributed by atoms with van der Waals surface area (Å²) in [4.78, 5) is 23.4. The maximum atomic E-state index is 11.9. The van der Waals surface area contributed by atoms with Crippen molar-refractivity contribution in [2.75, 3.05) is 11.9 Å². The van der Waals surface area contributed by atoms with Crippen LogP contribution in [0.25, 0.3) is 0 Å². The monoisotopic (exact) mass is 354 g/mol. The number of benzene rings is 1. The number of carbonyl (C=O) groups excluding carboxylic acids is 2. The highest BCUT2D eigenvalue weighted by Crippen LogP contribution is 2.25. The molecule has 0 aliphatic carbocycles. The highest BCUT2D eigenvalue weighted by atomic mass is 79.9. The van der Waals surface area contributed by atoms with Crippen LogP contribution in [0.1, 0.15) is 32.8 Å². The minimum Gasteiger partial charge on any atom is -0.355 e. The average Bonchev–Trinajstić information content (AvgIpc) is 2.39. The third-order valence-electron chi connectivity index (χ3n) is 2.98. The summed E-state index contributed by atoms with van der Waals surface area (Å²) in [7, 11) is 0. The Labute approximate surface area is 134 Å². The second kappa shape index (κ2) is 7.59. The summed E-state index contributed by atoms with van der Waals surface area (Å²) in [5.74, 6) is -0.202. The first-order valence-corrected chi connectivity index (χ1v) is 7.90. The Kier molecular flexibility index (Phi) is 6.40. The van der Waals surface area contributed by atoms with E-state index >= 15 is 0 Å². The molecule has 1 atom stereocenters. The highest BCUT2D eigenvalue weighted by molar-refractivity contribution is 9.10. The van der Waals surface area contributed by atoms with E-state index in [9.17, 15) is 9.59 Å². The smallest absolute Gasteiger partial charge is 0.234 e. The predicted molar refractivity (Wildman–Crippen MR) is 89.6 cm³/mol. The Morgan fingerprint density at radius 2 is 1.76 bits per heavy atom. The second-order valence-corrected chi connectivity index (χ2v) is 7.10. The van der Waals surface area contributed by atoms with Crippen LogP contribution < -0.4 is 10.6 Å². The lowest BCUT2D eigenvalue weighted by atomic mass is 9.92. The Morgan fingerprint density at radius 3 is 2.29 bits per heavy atom. The van der Waals surface area contributed by atoms with E-state index < -0.39 is 0 Å². The average molecular weight is 355 g/mol. The molecule has 0 aromatic heterocycles. The van der Waals surface area contributed by atoms with E-state index in [1.54, 1.807) is 0 Å². The number of carbonyl (C=O) groups is 2. The van der Waals surface area contributed by atoms with Crippen molar-refractivity contribution in [2.24, 2.45) is 5.41 Å². The largest absolute Gasteiger partial charge is 0.355 e. The molecule has 1 unspecified atom stereocenters. The van der Waals surface area contributed by atoms with Crippen LogP contribution >= 0.6 is 15.9 Å². The number of alkyl halides is 1. The second-order valence-electron chi connectivity index (χ2n) is 6.18. The first-order chi connectivity index (χ1) is 9.70. The lowest BCUT2D eigenvalue weighted by molar-refractivity contribution is -0.122. The van der Waals surface area contributed by atoms with Crippen molar-refractivity contribution in [1.29, 1.82) is 0 Å². The van der Waals surface area contributed by atoms with E-state index in [1.807, 2.05) is 52.0 Å². The quantitative estimate of drug-likeness (QED) is 0.797. The SMILES string of the molecule is Cc1ccc(NC(=O)CCNC(=O)C(Br)C(C)(C)C)cc1. The van der Waals surface area contributed by atoms with Crippen LogP contribution in [0, 0.1) is 12.3 Å². The van der Waals surface area contributed by atoms with Crippen molar-refractivity contribution in [2.45, 2.75) is 38.9 Å². The van der Waals surface area contributed by atoms with E-state index in [-0.39, 0.29) is 28.5 Å². The maximum absolute atomic E-state index is 11.9. The standard InChI is InChI=1S/C16H23BrN2O2/c1-11-5-7-12(8-6-11)19-13(20)9-10-18-15(21)14(17)16(2,3)4/h5-8,14H,9-10H2,1-4H3,(H,18,21)(H,19,20). The van der Waals surface area contributed by atoms with Crippen LogP contribution in [0.15, 0.2) is 24.3 Å². The maximum Gasteiger partial charge on any atom is 0.234 e. The molecular weight excluding hydrogens is 332 g/mol. The van der Waals surface area contributed by atoms with Gasteiger partial charge in [0.25, 0.3) is 0 Å². The van der Waals surface area contributed by atoms with Crippen LogP contribution in [0.2, 0.25) is 0 Å². The van der Waals surface area contributed by atoms with Crippen LogP contribution in [-0.4, -0.2) is 23.2 Å². The molecule has 0 saturated heterocycles. The number of hydrogen-bond donors (Lipinski definition) is 2. The van der Waals surface area contributed by atoms with Gasteiger partial charge in [-0.05, 0) is 24.5 Å². The Hall–Kier alpha value is -1.36. The fourth-order valence-electron chi connectivity index (χ4n) is 1.64. The number of rotatable bonds is 5. The lowest BCUT2D eigenvalue weighted by Gasteiger charge is -2.24. The first kappa shape index (κ1) is 17.7. The molecule has 116 valence electrons. The Balaban J connectivity index is 2.34. The minimum atomic E-state index is -0.273. The van der Waals surface area contributed by atoms with Crippen LogP contribution in [-0.2, 0) is 9.59 Å². The van der Waals surface area contributed by atoms with Gasteiger partial charge in [-0.15, -0.1) is 0 Å². The highest BCUT2D eigenvalue weighted by Gasteiger charge is 2.28. The molecular formula is C16H23BrN2O2. The topological polar surface area (TPSA) is 58.2 Å². The predicted octanol–water partition coefficient (Wildman–Crippen LogP) is 3.25. The zero-order valence-electron chi connectivity index (χ0n) is 13.0. The Bertz CT molecular complexity index is 492. The van der Waals surface area contributed by atoms with Gasteiger partial charge in [-0.2, -0.15) is 0 Å². The van der Waals surface area contributed by atoms with Gasteiger partial charge in [-0.1, -0.05) is 54.4 Å². The molecule has 0 radical (unpaired) electrons. The molecule has 0 bridgehead atoms. The number of aryl methyl sites for hydroxylation is 1. The molecule has 21 heavy (non-hydrogen) atoms. The minimum absolute atomic E-state index is 0.0920. The number of hydrogen-bond acceptors (Lipinski definition) is 2. The number of anilines is 1. The summed E-state index contributed by atoms with van der Waals surface area (Å²) in [6, 6.07) is 7.60. The Morgan fingerprint density at radius 1 is 1.19 bits per heavy atom. The van der Waals surface area contributed by atoms with Crippen molar-refractivity contribution in [3.05, 3.63) is 29.8 Å². The molecule has 1 rings (SSSR count). The molecule has 0 fully saturated rings. The van der Waals surface area contributed by atoms with Crippen molar-refractivity contribution in [3.63, 3.8) is 0 Å². The molecule has 0 aliphatic rings. The normalized spacial score (nSPS) is 12.6. The summed E-state index contributed by atoms with van der Waals surface area (Å²) < 4.78 is 0. The molecule has 2 amide bonds. The first-order valence-electron chi connectivity index (χ1n) is 6.98. The van der Waals surface area contributed by atoms with Gasteiger partial charge in [0, 0.05) is 18.7 Å². The van der Waals surface area contributed by atoms with Gasteiger partial charge >= 0.3 is 0 Å². The number of halogens is 1. The summed E-state index contributed by atoms with van der Waals surface area (Å²) in [5.41, 5.74) is 1.75. The van der Waals surface area contributed by atoms with E-state index in [4.69, 9.17) is 0 Å². The molecule has 0 spiro atoms. The number of nitrogens with one attached hydrogen (secondary N) is 2. The van der Waals surface area contributed by atoms with Crippen LogP contribution in [0.5, 0.6) is 0 Å². The lowest BCUT2D eigenvalue weighted by Crippen LogP contribution is -2.39. The molecule has 0 aliphatic heterocycles. The molecule has 5 heteroatoms. The van der Waals surface area contributed by atoms with Crippen LogP contribution in [0.4, 0.5) is 5.69 Å². The summed E-state index contributed by atoms with van der Waals surface area (Å²) in [6.45, 7) is 8.27. The van der Waals surface area contributed by atoms with Gasteiger partial charge in [-0.25, -0.2) is 0 Å².